The fourth-order valence-corrected chi connectivity index (χ4v) is 3.86. The van der Waals surface area contributed by atoms with E-state index in [0.29, 0.717) is 18.2 Å². The normalized spacial score (nSPS) is 11.2. The molecule has 0 aliphatic heterocycles. The third kappa shape index (κ3) is 3.24. The Morgan fingerprint density at radius 2 is 1.87 bits per heavy atom. The van der Waals surface area contributed by atoms with Gasteiger partial charge in [0.1, 0.15) is 23.5 Å². The molecular weight excluding hydrogens is 392 g/mol. The van der Waals surface area contributed by atoms with Gasteiger partial charge in [-0.05, 0) is 31.2 Å². The summed E-state index contributed by atoms with van der Waals surface area (Å²) in [5, 5.41) is 1.01. The standard InChI is InChI=1S/C24H22N4O3/c1-14-20-21(28-24(30-3)22(14)29-2)18(12-26-20)19-11-17-15(9-10-25-23(17)27-19)13-31-16-7-5-4-6-8-16/h4-12,26H,13H2,1-3H3,(H,25,27). The van der Waals surface area contributed by atoms with Crippen LogP contribution in [0, 0.1) is 6.92 Å². The molecule has 2 N–H and O–H groups in total. The molecule has 0 saturated carbocycles. The van der Waals surface area contributed by atoms with Crippen LogP contribution < -0.4 is 14.2 Å². The van der Waals surface area contributed by atoms with Crippen LogP contribution in [0.5, 0.6) is 17.4 Å². The fourth-order valence-electron chi connectivity index (χ4n) is 3.86. The summed E-state index contributed by atoms with van der Waals surface area (Å²) in [5.74, 6) is 1.92. The average Bonchev–Trinajstić information content (AvgIpc) is 3.42. The van der Waals surface area contributed by atoms with Gasteiger partial charge in [-0.1, -0.05) is 18.2 Å². The van der Waals surface area contributed by atoms with Crippen LogP contribution in [0.1, 0.15) is 11.1 Å². The first-order valence-electron chi connectivity index (χ1n) is 9.94. The number of benzene rings is 1. The summed E-state index contributed by atoms with van der Waals surface area (Å²) in [6, 6.07) is 13.8. The molecule has 0 atom stereocenters. The van der Waals surface area contributed by atoms with Crippen LogP contribution in [-0.4, -0.2) is 34.2 Å². The summed E-state index contributed by atoms with van der Waals surface area (Å²) in [6.45, 7) is 2.44. The Kier molecular flexibility index (Phi) is 4.71. The molecule has 7 nitrogen and oxygen atoms in total. The first-order valence-corrected chi connectivity index (χ1v) is 9.94. The molecular formula is C24H22N4O3. The van der Waals surface area contributed by atoms with Gasteiger partial charge in [0.25, 0.3) is 5.88 Å². The van der Waals surface area contributed by atoms with Gasteiger partial charge in [0, 0.05) is 34.5 Å². The van der Waals surface area contributed by atoms with E-state index in [-0.39, 0.29) is 0 Å². The van der Waals surface area contributed by atoms with Gasteiger partial charge in [0.15, 0.2) is 5.75 Å². The molecule has 0 aliphatic carbocycles. The lowest BCUT2D eigenvalue weighted by molar-refractivity contribution is 0.307. The maximum absolute atomic E-state index is 5.95. The Bertz CT molecular complexity index is 1370. The van der Waals surface area contributed by atoms with Crippen molar-refractivity contribution < 1.29 is 14.2 Å². The van der Waals surface area contributed by atoms with Crippen molar-refractivity contribution in [3.05, 3.63) is 66.0 Å². The number of H-pyrrole nitrogens is 2. The lowest BCUT2D eigenvalue weighted by atomic mass is 10.1. The summed E-state index contributed by atoms with van der Waals surface area (Å²) in [4.78, 5) is 15.9. The van der Waals surface area contributed by atoms with Crippen molar-refractivity contribution >= 4 is 22.1 Å². The molecule has 0 unspecified atom stereocenters. The van der Waals surface area contributed by atoms with Crippen molar-refractivity contribution in [2.24, 2.45) is 0 Å². The second-order valence-corrected chi connectivity index (χ2v) is 7.22. The van der Waals surface area contributed by atoms with Crippen LogP contribution in [0.4, 0.5) is 0 Å². The number of aryl methyl sites for hydroxylation is 1. The number of aromatic nitrogens is 4. The highest BCUT2D eigenvalue weighted by atomic mass is 16.5. The Balaban J connectivity index is 1.57. The zero-order valence-corrected chi connectivity index (χ0v) is 17.5. The van der Waals surface area contributed by atoms with Crippen LogP contribution in [0.15, 0.2) is 54.9 Å². The van der Waals surface area contributed by atoms with Crippen molar-refractivity contribution in [2.75, 3.05) is 14.2 Å². The maximum atomic E-state index is 5.95. The number of hydrogen-bond acceptors (Lipinski definition) is 5. The summed E-state index contributed by atoms with van der Waals surface area (Å²) in [6.07, 6.45) is 3.73. The van der Waals surface area contributed by atoms with Gasteiger partial charge in [-0.15, -0.1) is 0 Å². The predicted octanol–water partition coefficient (Wildman–Crippen LogP) is 5.01. The van der Waals surface area contributed by atoms with Crippen LogP contribution >= 0.6 is 0 Å². The van der Waals surface area contributed by atoms with E-state index < -0.39 is 0 Å². The molecule has 4 heterocycles. The summed E-state index contributed by atoms with van der Waals surface area (Å²) < 4.78 is 16.9. The fraction of sp³-hybridized carbons (Fsp3) is 0.167. The van der Waals surface area contributed by atoms with Crippen LogP contribution in [0.25, 0.3) is 33.3 Å². The van der Waals surface area contributed by atoms with E-state index in [2.05, 4.69) is 26.0 Å². The van der Waals surface area contributed by atoms with E-state index in [1.807, 2.05) is 49.5 Å². The lowest BCUT2D eigenvalue weighted by Gasteiger charge is -2.10. The maximum Gasteiger partial charge on any atom is 0.257 e. The first kappa shape index (κ1) is 19.0. The molecule has 4 aromatic heterocycles. The summed E-state index contributed by atoms with van der Waals surface area (Å²) >= 11 is 0. The lowest BCUT2D eigenvalue weighted by Crippen LogP contribution is -1.97. The number of nitrogens with one attached hydrogen (secondary N) is 2. The van der Waals surface area contributed by atoms with Crippen LogP contribution in [0.2, 0.25) is 0 Å². The number of ether oxygens (including phenoxy) is 3. The quantitative estimate of drug-likeness (QED) is 0.408. The Hall–Kier alpha value is -4.00. The van der Waals surface area contributed by atoms with Crippen molar-refractivity contribution in [2.45, 2.75) is 13.5 Å². The van der Waals surface area contributed by atoms with E-state index in [1.54, 1.807) is 20.4 Å². The van der Waals surface area contributed by atoms with E-state index in [4.69, 9.17) is 14.2 Å². The number of methoxy groups -OCH3 is 2. The molecule has 0 radical (unpaired) electrons. The molecule has 5 rings (SSSR count). The van der Waals surface area contributed by atoms with Crippen LogP contribution in [0.3, 0.4) is 0 Å². The molecule has 1 aromatic carbocycles. The third-order valence-corrected chi connectivity index (χ3v) is 5.42. The Morgan fingerprint density at radius 3 is 2.65 bits per heavy atom. The zero-order valence-electron chi connectivity index (χ0n) is 17.5. The number of aromatic amines is 2. The van der Waals surface area contributed by atoms with E-state index in [0.717, 1.165) is 50.2 Å². The smallest absolute Gasteiger partial charge is 0.257 e. The molecule has 0 bridgehead atoms. The predicted molar refractivity (Wildman–Crippen MR) is 120 cm³/mol. The topological polar surface area (TPSA) is 85.0 Å². The minimum atomic E-state index is 0.455. The average molecular weight is 414 g/mol. The molecule has 0 aliphatic rings. The molecule has 0 fully saturated rings. The number of nitrogens with zero attached hydrogens (tertiary/aromatic N) is 2. The van der Waals surface area contributed by atoms with Gasteiger partial charge >= 0.3 is 0 Å². The molecule has 7 heteroatoms. The first-order chi connectivity index (χ1) is 15.2. The summed E-state index contributed by atoms with van der Waals surface area (Å²) in [7, 11) is 3.21. The Labute approximate surface area is 179 Å². The van der Waals surface area contributed by atoms with E-state index in [1.165, 1.54) is 0 Å². The number of para-hydroxylation sites is 1. The van der Waals surface area contributed by atoms with Gasteiger partial charge in [-0.25, -0.2) is 9.97 Å². The van der Waals surface area contributed by atoms with Gasteiger partial charge in [-0.2, -0.15) is 0 Å². The highest BCUT2D eigenvalue weighted by molar-refractivity contribution is 5.97. The highest BCUT2D eigenvalue weighted by Crippen LogP contribution is 2.38. The number of pyridine rings is 2. The van der Waals surface area contributed by atoms with Crippen LogP contribution in [-0.2, 0) is 6.61 Å². The Morgan fingerprint density at radius 1 is 1.03 bits per heavy atom. The minimum absolute atomic E-state index is 0.455. The largest absolute Gasteiger partial charge is 0.491 e. The number of hydrogen-bond donors (Lipinski definition) is 2. The van der Waals surface area contributed by atoms with Gasteiger partial charge in [-0.3, -0.25) is 0 Å². The monoisotopic (exact) mass is 414 g/mol. The van der Waals surface area contributed by atoms with Crippen molar-refractivity contribution in [1.29, 1.82) is 0 Å². The number of fused-ring (bicyclic) bond motifs is 2. The molecule has 156 valence electrons. The third-order valence-electron chi connectivity index (χ3n) is 5.42. The molecule has 0 amide bonds. The minimum Gasteiger partial charge on any atom is -0.491 e. The molecule has 0 saturated heterocycles. The van der Waals surface area contributed by atoms with Gasteiger partial charge < -0.3 is 24.2 Å². The van der Waals surface area contributed by atoms with E-state index >= 15 is 0 Å². The van der Waals surface area contributed by atoms with Gasteiger partial charge in [0.05, 0.1) is 25.4 Å². The SMILES string of the molecule is COc1nc2c(-c3cc4c(COc5ccccc5)ccnc4[nH]3)c[nH]c2c(C)c1OC. The van der Waals surface area contributed by atoms with E-state index in [9.17, 15) is 0 Å². The molecule has 0 spiro atoms. The molecule has 31 heavy (non-hydrogen) atoms. The highest BCUT2D eigenvalue weighted by Gasteiger charge is 2.19. The second kappa shape index (κ2) is 7.68. The van der Waals surface area contributed by atoms with Crippen molar-refractivity contribution in [3.63, 3.8) is 0 Å². The molecule has 5 aromatic rings. The van der Waals surface area contributed by atoms with Gasteiger partial charge in [0.2, 0.25) is 0 Å². The van der Waals surface area contributed by atoms with Crippen molar-refractivity contribution in [1.82, 2.24) is 19.9 Å². The zero-order chi connectivity index (χ0) is 21.4. The van der Waals surface area contributed by atoms with Crippen molar-refractivity contribution in [3.8, 4) is 28.6 Å². The summed E-state index contributed by atoms with van der Waals surface area (Å²) in [5.41, 5.74) is 6.37. The second-order valence-electron chi connectivity index (χ2n) is 7.22. The number of rotatable bonds is 6.